The number of benzene rings is 2. The van der Waals surface area contributed by atoms with Crippen molar-refractivity contribution in [2.45, 2.75) is 6.61 Å². The molecule has 1 amide bonds. The molecule has 4 rings (SSSR count). The monoisotopic (exact) mass is 343 g/mol. The van der Waals surface area contributed by atoms with Crippen LogP contribution >= 0.6 is 0 Å². The van der Waals surface area contributed by atoms with Crippen LogP contribution in [0.2, 0.25) is 0 Å². The minimum absolute atomic E-state index is 0.178. The van der Waals surface area contributed by atoms with Crippen LogP contribution in [-0.4, -0.2) is 15.9 Å². The van der Waals surface area contributed by atoms with Gasteiger partial charge in [0.2, 0.25) is 0 Å². The number of aromatic nitrogens is 2. The molecule has 0 spiro atoms. The molecule has 5 heteroatoms. The summed E-state index contributed by atoms with van der Waals surface area (Å²) in [4.78, 5) is 19.7. The largest absolute Gasteiger partial charge is 0.489 e. The number of carbonyl (C=O) groups is 1. The zero-order chi connectivity index (χ0) is 17.8. The number of anilines is 1. The van der Waals surface area contributed by atoms with E-state index in [1.54, 1.807) is 24.5 Å². The lowest BCUT2D eigenvalue weighted by Gasteiger charge is -2.09. The van der Waals surface area contributed by atoms with Crippen molar-refractivity contribution < 1.29 is 9.53 Å². The van der Waals surface area contributed by atoms with Gasteiger partial charge in [-0.25, -0.2) is 0 Å². The number of carbonyl (C=O) groups excluding carboxylic acids is 1. The molecule has 0 aliphatic carbocycles. The molecule has 0 unspecified atom stereocenters. The van der Waals surface area contributed by atoms with Crippen LogP contribution in [-0.2, 0) is 6.61 Å². The molecule has 2 N–H and O–H groups in total. The quantitative estimate of drug-likeness (QED) is 0.564. The fourth-order valence-electron chi connectivity index (χ4n) is 2.71. The third kappa shape index (κ3) is 3.57. The SMILES string of the molecule is O=C(Nc1ccc2cc[nH]c2c1)c1cccc(OCc2cccnc2)c1. The van der Waals surface area contributed by atoms with Crippen molar-refractivity contribution in [3.8, 4) is 5.75 Å². The van der Waals surface area contributed by atoms with Gasteiger partial charge in [0, 0.05) is 40.9 Å². The summed E-state index contributed by atoms with van der Waals surface area (Å²) in [6.07, 6.45) is 5.35. The van der Waals surface area contributed by atoms with Gasteiger partial charge in [-0.1, -0.05) is 18.2 Å². The molecule has 128 valence electrons. The lowest BCUT2D eigenvalue weighted by Crippen LogP contribution is -2.12. The van der Waals surface area contributed by atoms with Crippen molar-refractivity contribution >= 4 is 22.5 Å². The van der Waals surface area contributed by atoms with Gasteiger partial charge in [0.05, 0.1) is 0 Å². The van der Waals surface area contributed by atoms with Gasteiger partial charge in [0.1, 0.15) is 12.4 Å². The van der Waals surface area contributed by atoms with Gasteiger partial charge >= 0.3 is 0 Å². The second-order valence-electron chi connectivity index (χ2n) is 5.91. The maximum atomic E-state index is 12.5. The fourth-order valence-corrected chi connectivity index (χ4v) is 2.71. The average Bonchev–Trinajstić information content (AvgIpc) is 3.15. The number of rotatable bonds is 5. The third-order valence-electron chi connectivity index (χ3n) is 4.04. The van der Waals surface area contributed by atoms with Crippen LogP contribution in [0.5, 0.6) is 5.75 Å². The average molecular weight is 343 g/mol. The minimum Gasteiger partial charge on any atom is -0.489 e. The molecule has 5 nitrogen and oxygen atoms in total. The summed E-state index contributed by atoms with van der Waals surface area (Å²) in [5.74, 6) is 0.462. The number of H-pyrrole nitrogens is 1. The Morgan fingerprint density at radius 2 is 2.04 bits per heavy atom. The summed E-state index contributed by atoms with van der Waals surface area (Å²) in [5.41, 5.74) is 3.24. The standard InChI is InChI=1S/C21H17N3O2/c25-21(24-18-7-6-16-8-10-23-20(16)12-18)17-4-1-5-19(11-17)26-14-15-3-2-9-22-13-15/h1-13,23H,14H2,(H,24,25). The summed E-state index contributed by atoms with van der Waals surface area (Å²) in [7, 11) is 0. The molecular formula is C21H17N3O2. The smallest absolute Gasteiger partial charge is 0.255 e. The molecule has 26 heavy (non-hydrogen) atoms. The van der Waals surface area contributed by atoms with E-state index in [2.05, 4.69) is 15.3 Å². The van der Waals surface area contributed by atoms with E-state index in [0.717, 1.165) is 22.2 Å². The van der Waals surface area contributed by atoms with Crippen molar-refractivity contribution in [2.24, 2.45) is 0 Å². The van der Waals surface area contributed by atoms with Crippen LogP contribution in [0.3, 0.4) is 0 Å². The molecule has 0 radical (unpaired) electrons. The molecule has 2 aromatic heterocycles. The molecule has 0 saturated carbocycles. The van der Waals surface area contributed by atoms with E-state index < -0.39 is 0 Å². The minimum atomic E-state index is -0.178. The predicted octanol–water partition coefficient (Wildman–Crippen LogP) is 4.39. The number of aromatic amines is 1. The van der Waals surface area contributed by atoms with E-state index >= 15 is 0 Å². The second kappa shape index (κ2) is 7.11. The highest BCUT2D eigenvalue weighted by Crippen LogP contribution is 2.20. The van der Waals surface area contributed by atoms with Gasteiger partial charge in [-0.15, -0.1) is 0 Å². The maximum Gasteiger partial charge on any atom is 0.255 e. The van der Waals surface area contributed by atoms with Gasteiger partial charge in [0.25, 0.3) is 5.91 Å². The van der Waals surface area contributed by atoms with Crippen molar-refractivity contribution in [1.29, 1.82) is 0 Å². The first kappa shape index (κ1) is 15.9. The number of hydrogen-bond donors (Lipinski definition) is 2. The van der Waals surface area contributed by atoms with E-state index in [1.165, 1.54) is 0 Å². The summed E-state index contributed by atoms with van der Waals surface area (Å²) in [5, 5.41) is 4.02. The molecular weight excluding hydrogens is 326 g/mol. The molecule has 4 aromatic rings. The van der Waals surface area contributed by atoms with Crippen molar-refractivity contribution in [1.82, 2.24) is 9.97 Å². The van der Waals surface area contributed by atoms with Crippen LogP contribution in [0.25, 0.3) is 10.9 Å². The van der Waals surface area contributed by atoms with Crippen LogP contribution in [0.1, 0.15) is 15.9 Å². The zero-order valence-corrected chi connectivity index (χ0v) is 14.0. The van der Waals surface area contributed by atoms with E-state index in [4.69, 9.17) is 4.74 Å². The van der Waals surface area contributed by atoms with Gasteiger partial charge in [-0.3, -0.25) is 9.78 Å². The first-order valence-corrected chi connectivity index (χ1v) is 8.28. The number of nitrogens with zero attached hydrogens (tertiary/aromatic N) is 1. The molecule has 0 atom stereocenters. The Bertz CT molecular complexity index is 1040. The molecule has 0 saturated heterocycles. The molecule has 0 aliphatic heterocycles. The summed E-state index contributed by atoms with van der Waals surface area (Å²) < 4.78 is 5.76. The fraction of sp³-hybridized carbons (Fsp3) is 0.0476. The number of nitrogens with one attached hydrogen (secondary N) is 2. The van der Waals surface area contributed by atoms with Crippen molar-refractivity contribution in [3.05, 3.63) is 90.4 Å². The van der Waals surface area contributed by atoms with Gasteiger partial charge < -0.3 is 15.0 Å². The highest BCUT2D eigenvalue weighted by Gasteiger charge is 2.08. The second-order valence-corrected chi connectivity index (χ2v) is 5.91. The lowest BCUT2D eigenvalue weighted by atomic mass is 10.2. The Morgan fingerprint density at radius 3 is 2.92 bits per heavy atom. The molecule has 2 heterocycles. The van der Waals surface area contributed by atoms with E-state index in [0.29, 0.717) is 17.9 Å². The van der Waals surface area contributed by atoms with Gasteiger partial charge in [-0.05, 0) is 47.9 Å². The number of ether oxygens (including phenoxy) is 1. The molecule has 0 aliphatic rings. The van der Waals surface area contributed by atoms with Crippen LogP contribution < -0.4 is 10.1 Å². The highest BCUT2D eigenvalue weighted by molar-refractivity contribution is 6.05. The first-order valence-electron chi connectivity index (χ1n) is 8.28. The van der Waals surface area contributed by atoms with E-state index in [-0.39, 0.29) is 5.91 Å². The van der Waals surface area contributed by atoms with E-state index in [1.807, 2.05) is 54.7 Å². The summed E-state index contributed by atoms with van der Waals surface area (Å²) in [6.45, 7) is 0.405. The highest BCUT2D eigenvalue weighted by atomic mass is 16.5. The molecule has 0 fully saturated rings. The molecule has 0 bridgehead atoms. The number of pyridine rings is 1. The molecule has 2 aromatic carbocycles. The first-order chi connectivity index (χ1) is 12.8. The van der Waals surface area contributed by atoms with Gasteiger partial charge in [0.15, 0.2) is 0 Å². The van der Waals surface area contributed by atoms with Crippen LogP contribution in [0, 0.1) is 0 Å². The van der Waals surface area contributed by atoms with Crippen LogP contribution in [0.15, 0.2) is 79.3 Å². The Hall–Kier alpha value is -3.60. The third-order valence-corrected chi connectivity index (χ3v) is 4.04. The zero-order valence-electron chi connectivity index (χ0n) is 14.0. The maximum absolute atomic E-state index is 12.5. The number of fused-ring (bicyclic) bond motifs is 1. The van der Waals surface area contributed by atoms with Crippen LogP contribution in [0.4, 0.5) is 5.69 Å². The number of hydrogen-bond acceptors (Lipinski definition) is 3. The predicted molar refractivity (Wildman–Crippen MR) is 101 cm³/mol. The van der Waals surface area contributed by atoms with Crippen molar-refractivity contribution in [2.75, 3.05) is 5.32 Å². The Balaban J connectivity index is 1.45. The summed E-state index contributed by atoms with van der Waals surface area (Å²) in [6, 6.07) is 18.7. The number of amides is 1. The Labute approximate surface area is 150 Å². The lowest BCUT2D eigenvalue weighted by molar-refractivity contribution is 0.102. The van der Waals surface area contributed by atoms with Gasteiger partial charge in [-0.2, -0.15) is 0 Å². The topological polar surface area (TPSA) is 67.0 Å². The van der Waals surface area contributed by atoms with Crippen molar-refractivity contribution in [3.63, 3.8) is 0 Å². The normalized spacial score (nSPS) is 10.6. The van der Waals surface area contributed by atoms with E-state index in [9.17, 15) is 4.79 Å². The summed E-state index contributed by atoms with van der Waals surface area (Å²) >= 11 is 0. The Kier molecular flexibility index (Phi) is 4.35. The Morgan fingerprint density at radius 1 is 1.08 bits per heavy atom.